The molecular weight excluding hydrogens is 290 g/mol. The van der Waals surface area contributed by atoms with Crippen molar-refractivity contribution in [3.8, 4) is 5.88 Å². The van der Waals surface area contributed by atoms with Crippen LogP contribution in [0.2, 0.25) is 0 Å². The van der Waals surface area contributed by atoms with E-state index in [1.54, 1.807) is 41.3 Å². The normalized spacial score (nSPS) is 10.6. The van der Waals surface area contributed by atoms with Crippen molar-refractivity contribution in [3.63, 3.8) is 0 Å². The summed E-state index contributed by atoms with van der Waals surface area (Å²) in [5.41, 5.74) is 1.57. The van der Waals surface area contributed by atoms with E-state index in [9.17, 15) is 4.79 Å². The summed E-state index contributed by atoms with van der Waals surface area (Å²) in [6.45, 7) is 1.55. The molecule has 2 aromatic rings. The van der Waals surface area contributed by atoms with E-state index in [0.29, 0.717) is 31.1 Å². The van der Waals surface area contributed by atoms with Crippen LogP contribution in [0.25, 0.3) is 0 Å². The second-order valence-electron chi connectivity index (χ2n) is 4.58. The van der Waals surface area contributed by atoms with Gasteiger partial charge in [0.15, 0.2) is 0 Å². The van der Waals surface area contributed by atoms with E-state index < -0.39 is 0 Å². The van der Waals surface area contributed by atoms with Gasteiger partial charge in [-0.1, -0.05) is 0 Å². The molecule has 2 aromatic heterocycles. The number of hydrogen-bond donors (Lipinski definition) is 0. The number of carbonyl (C=O) groups excluding carboxylic acids is 1. The van der Waals surface area contributed by atoms with Crippen LogP contribution in [0.4, 0.5) is 0 Å². The summed E-state index contributed by atoms with van der Waals surface area (Å²) in [6.07, 6.45) is 1.68. The standard InChI is InChI=1S/C14H19N3O3S/c1-16-9-12(13(15-16)20-3)14(18)17(5-6-19-2)8-11-4-7-21-10-11/h4,7,9-10H,5-6,8H2,1-3H3. The first-order valence-corrected chi connectivity index (χ1v) is 7.47. The van der Waals surface area contributed by atoms with Crippen molar-refractivity contribution >= 4 is 17.2 Å². The molecule has 0 saturated heterocycles. The topological polar surface area (TPSA) is 56.6 Å². The van der Waals surface area contributed by atoms with E-state index in [0.717, 1.165) is 5.56 Å². The molecule has 2 heterocycles. The maximum atomic E-state index is 12.7. The summed E-state index contributed by atoms with van der Waals surface area (Å²) < 4.78 is 11.8. The zero-order valence-electron chi connectivity index (χ0n) is 12.4. The largest absolute Gasteiger partial charge is 0.479 e. The third kappa shape index (κ3) is 3.83. The second-order valence-corrected chi connectivity index (χ2v) is 5.36. The molecule has 0 fully saturated rings. The number of aromatic nitrogens is 2. The van der Waals surface area contributed by atoms with Gasteiger partial charge in [0.05, 0.1) is 13.7 Å². The summed E-state index contributed by atoms with van der Waals surface area (Å²) in [5, 5.41) is 8.16. The molecule has 0 N–H and O–H groups in total. The van der Waals surface area contributed by atoms with Crippen molar-refractivity contribution in [1.82, 2.24) is 14.7 Å². The summed E-state index contributed by atoms with van der Waals surface area (Å²) in [7, 11) is 4.90. The average molecular weight is 309 g/mol. The number of methoxy groups -OCH3 is 2. The van der Waals surface area contributed by atoms with Crippen molar-refractivity contribution in [1.29, 1.82) is 0 Å². The van der Waals surface area contributed by atoms with Crippen LogP contribution in [-0.4, -0.2) is 48.0 Å². The fraction of sp³-hybridized carbons (Fsp3) is 0.429. The average Bonchev–Trinajstić information content (AvgIpc) is 3.11. The molecule has 0 aliphatic heterocycles. The summed E-state index contributed by atoms with van der Waals surface area (Å²) in [5.74, 6) is 0.235. The molecular formula is C14H19N3O3S. The highest BCUT2D eigenvalue weighted by molar-refractivity contribution is 7.07. The Hall–Kier alpha value is -1.86. The number of amides is 1. The maximum Gasteiger partial charge on any atom is 0.261 e. The van der Waals surface area contributed by atoms with Gasteiger partial charge in [0.1, 0.15) is 5.56 Å². The lowest BCUT2D eigenvalue weighted by Crippen LogP contribution is -2.33. The number of hydrogen-bond acceptors (Lipinski definition) is 5. The van der Waals surface area contributed by atoms with E-state index in [1.807, 2.05) is 16.8 Å². The number of thiophene rings is 1. The SMILES string of the molecule is COCCN(Cc1ccsc1)C(=O)c1cn(C)nc1OC. The summed E-state index contributed by atoms with van der Waals surface area (Å²) in [4.78, 5) is 14.5. The molecule has 21 heavy (non-hydrogen) atoms. The Bertz CT molecular complexity index is 580. The first kappa shape index (κ1) is 15.5. The third-order valence-corrected chi connectivity index (χ3v) is 3.76. The molecule has 0 aromatic carbocycles. The summed E-state index contributed by atoms with van der Waals surface area (Å²) >= 11 is 1.61. The van der Waals surface area contributed by atoms with E-state index in [2.05, 4.69) is 5.10 Å². The van der Waals surface area contributed by atoms with Gasteiger partial charge < -0.3 is 14.4 Å². The minimum Gasteiger partial charge on any atom is -0.479 e. The van der Waals surface area contributed by atoms with Crippen LogP contribution in [0.1, 0.15) is 15.9 Å². The van der Waals surface area contributed by atoms with Crippen LogP contribution >= 0.6 is 11.3 Å². The number of ether oxygens (including phenoxy) is 2. The molecule has 0 radical (unpaired) electrons. The molecule has 0 spiro atoms. The molecule has 1 amide bonds. The zero-order chi connectivity index (χ0) is 15.2. The Morgan fingerprint density at radius 1 is 1.48 bits per heavy atom. The van der Waals surface area contributed by atoms with Gasteiger partial charge in [0, 0.05) is 33.4 Å². The van der Waals surface area contributed by atoms with Crippen molar-refractivity contribution < 1.29 is 14.3 Å². The molecule has 7 heteroatoms. The highest BCUT2D eigenvalue weighted by atomic mass is 32.1. The van der Waals surface area contributed by atoms with Gasteiger partial charge in [-0.2, -0.15) is 11.3 Å². The van der Waals surface area contributed by atoms with Gasteiger partial charge in [-0.3, -0.25) is 9.48 Å². The van der Waals surface area contributed by atoms with Crippen molar-refractivity contribution in [2.75, 3.05) is 27.4 Å². The molecule has 0 saturated carbocycles. The molecule has 0 bridgehead atoms. The van der Waals surface area contributed by atoms with Gasteiger partial charge in [0.2, 0.25) is 5.88 Å². The lowest BCUT2D eigenvalue weighted by atomic mass is 10.2. The Morgan fingerprint density at radius 3 is 2.90 bits per heavy atom. The van der Waals surface area contributed by atoms with Crippen LogP contribution in [0, 0.1) is 0 Å². The van der Waals surface area contributed by atoms with E-state index >= 15 is 0 Å². The lowest BCUT2D eigenvalue weighted by Gasteiger charge is -2.21. The summed E-state index contributed by atoms with van der Waals surface area (Å²) in [6, 6.07) is 2.01. The fourth-order valence-corrected chi connectivity index (χ4v) is 2.65. The highest BCUT2D eigenvalue weighted by Crippen LogP contribution is 2.19. The van der Waals surface area contributed by atoms with Gasteiger partial charge in [-0.05, 0) is 22.4 Å². The molecule has 0 unspecified atom stereocenters. The van der Waals surface area contributed by atoms with Crippen LogP contribution in [0.15, 0.2) is 23.0 Å². The highest BCUT2D eigenvalue weighted by Gasteiger charge is 2.22. The second kappa shape index (κ2) is 7.24. The van der Waals surface area contributed by atoms with Gasteiger partial charge in [0.25, 0.3) is 5.91 Å². The third-order valence-electron chi connectivity index (χ3n) is 3.02. The monoisotopic (exact) mass is 309 g/mol. The van der Waals surface area contributed by atoms with Crippen molar-refractivity contribution in [3.05, 3.63) is 34.2 Å². The molecule has 0 aliphatic rings. The minimum absolute atomic E-state index is 0.108. The minimum atomic E-state index is -0.108. The smallest absolute Gasteiger partial charge is 0.261 e. The predicted molar refractivity (Wildman–Crippen MR) is 80.7 cm³/mol. The maximum absolute atomic E-state index is 12.7. The van der Waals surface area contributed by atoms with Crippen LogP contribution in [0.3, 0.4) is 0 Å². The first-order valence-electron chi connectivity index (χ1n) is 6.52. The van der Waals surface area contributed by atoms with Crippen LogP contribution < -0.4 is 4.74 Å². The zero-order valence-corrected chi connectivity index (χ0v) is 13.2. The van der Waals surface area contributed by atoms with Gasteiger partial charge in [-0.15, -0.1) is 5.10 Å². The Kier molecular flexibility index (Phi) is 5.35. The quantitative estimate of drug-likeness (QED) is 0.782. The Labute approximate surface area is 127 Å². The van der Waals surface area contributed by atoms with E-state index in [1.165, 1.54) is 7.11 Å². The van der Waals surface area contributed by atoms with E-state index in [-0.39, 0.29) is 5.91 Å². The molecule has 0 atom stereocenters. The fourth-order valence-electron chi connectivity index (χ4n) is 1.99. The predicted octanol–water partition coefficient (Wildman–Crippen LogP) is 1.78. The molecule has 114 valence electrons. The number of nitrogens with zero attached hydrogens (tertiary/aromatic N) is 3. The number of rotatable bonds is 7. The lowest BCUT2D eigenvalue weighted by molar-refractivity contribution is 0.0677. The molecule has 0 aliphatic carbocycles. The van der Waals surface area contributed by atoms with Crippen LogP contribution in [0.5, 0.6) is 5.88 Å². The van der Waals surface area contributed by atoms with E-state index in [4.69, 9.17) is 9.47 Å². The van der Waals surface area contributed by atoms with Crippen molar-refractivity contribution in [2.24, 2.45) is 7.05 Å². The molecule has 2 rings (SSSR count). The Morgan fingerprint density at radius 2 is 2.29 bits per heavy atom. The van der Waals surface area contributed by atoms with Crippen LogP contribution in [-0.2, 0) is 18.3 Å². The first-order chi connectivity index (χ1) is 10.2. The Balaban J connectivity index is 2.20. The number of aryl methyl sites for hydroxylation is 1. The van der Waals surface area contributed by atoms with Gasteiger partial charge in [-0.25, -0.2) is 0 Å². The van der Waals surface area contributed by atoms with Gasteiger partial charge >= 0.3 is 0 Å². The molecule has 6 nitrogen and oxygen atoms in total. The number of carbonyl (C=O) groups is 1. The van der Waals surface area contributed by atoms with Crippen molar-refractivity contribution in [2.45, 2.75) is 6.54 Å².